The molecule has 10 rings (SSSR count). The lowest BCUT2D eigenvalue weighted by Crippen LogP contribution is -2.55. The molecule has 1 aliphatic heterocycles. The van der Waals surface area contributed by atoms with E-state index in [2.05, 4.69) is 182 Å². The van der Waals surface area contributed by atoms with Gasteiger partial charge in [-0.1, -0.05) is 174 Å². The summed E-state index contributed by atoms with van der Waals surface area (Å²) < 4.78 is 0. The molecule has 0 unspecified atom stereocenters. The standard InChI is InChI=1S/C47H30BNS/c1-2-14-35(15-3-1)48-42-20-8-9-23-46(42)50-47-30-32(25-27-43(47)48)31-12-10-13-33(28-31)44-21-11-22-45(49-44)34-24-26-40-38-18-5-4-16-36(38)37-17-6-7-19-39(37)41(40)29-34/h1-30H. The Bertz CT molecular complexity index is 2720. The number of rotatable bonds is 4. The molecule has 0 atom stereocenters. The molecule has 2 heterocycles. The number of aromatic nitrogens is 1. The van der Waals surface area contributed by atoms with E-state index in [0.29, 0.717) is 0 Å². The molecule has 232 valence electrons. The number of fused-ring (bicyclic) bond motifs is 8. The first kappa shape index (κ1) is 29.1. The van der Waals surface area contributed by atoms with Crippen LogP contribution in [0.4, 0.5) is 0 Å². The van der Waals surface area contributed by atoms with E-state index < -0.39 is 0 Å². The number of benzene rings is 8. The fraction of sp³-hybridized carbons (Fsp3) is 0. The molecule has 0 aliphatic carbocycles. The highest BCUT2D eigenvalue weighted by Crippen LogP contribution is 2.38. The Kier molecular flexibility index (Phi) is 6.92. The fourth-order valence-electron chi connectivity index (χ4n) is 7.82. The molecule has 0 fully saturated rings. The summed E-state index contributed by atoms with van der Waals surface area (Å²) in [5.41, 5.74) is 10.7. The molecule has 0 amide bonds. The second-order valence-electron chi connectivity index (χ2n) is 13.1. The molecule has 0 saturated carbocycles. The smallest absolute Gasteiger partial charge is 0.244 e. The zero-order chi connectivity index (χ0) is 33.0. The van der Waals surface area contributed by atoms with E-state index in [4.69, 9.17) is 4.98 Å². The second-order valence-corrected chi connectivity index (χ2v) is 14.2. The molecule has 50 heavy (non-hydrogen) atoms. The first-order valence-corrected chi connectivity index (χ1v) is 18.0. The molecule has 0 radical (unpaired) electrons. The average Bonchev–Trinajstić information content (AvgIpc) is 3.20. The first-order chi connectivity index (χ1) is 24.8. The lowest BCUT2D eigenvalue weighted by molar-refractivity contribution is 1.32. The summed E-state index contributed by atoms with van der Waals surface area (Å²) in [5, 5.41) is 7.66. The molecule has 9 aromatic rings. The van der Waals surface area contributed by atoms with Crippen LogP contribution in [0, 0.1) is 0 Å². The van der Waals surface area contributed by atoms with Gasteiger partial charge in [0.15, 0.2) is 0 Å². The van der Waals surface area contributed by atoms with Crippen LogP contribution >= 0.6 is 11.8 Å². The van der Waals surface area contributed by atoms with Crippen LogP contribution in [0.5, 0.6) is 0 Å². The van der Waals surface area contributed by atoms with Crippen molar-refractivity contribution in [2.75, 3.05) is 0 Å². The van der Waals surface area contributed by atoms with Crippen LogP contribution in [-0.2, 0) is 0 Å². The Morgan fingerprint density at radius 3 is 1.64 bits per heavy atom. The highest BCUT2D eigenvalue weighted by Gasteiger charge is 2.31. The average molecular weight is 652 g/mol. The third-order valence-corrected chi connectivity index (χ3v) is 11.4. The highest BCUT2D eigenvalue weighted by atomic mass is 32.2. The van der Waals surface area contributed by atoms with Gasteiger partial charge in [0.05, 0.1) is 11.4 Å². The van der Waals surface area contributed by atoms with E-state index >= 15 is 0 Å². The van der Waals surface area contributed by atoms with Crippen molar-refractivity contribution in [2.24, 2.45) is 0 Å². The Balaban J connectivity index is 1.03. The number of hydrogen-bond acceptors (Lipinski definition) is 2. The Morgan fingerprint density at radius 1 is 0.340 bits per heavy atom. The minimum absolute atomic E-state index is 0.225. The molecule has 1 aliphatic rings. The van der Waals surface area contributed by atoms with E-state index in [-0.39, 0.29) is 6.71 Å². The summed E-state index contributed by atoms with van der Waals surface area (Å²) in [5.74, 6) is 0. The maximum Gasteiger partial charge on any atom is 0.244 e. The molecule has 0 bridgehead atoms. The van der Waals surface area contributed by atoms with Gasteiger partial charge in [-0.15, -0.1) is 0 Å². The molecule has 0 spiro atoms. The minimum Gasteiger partial charge on any atom is -0.248 e. The van der Waals surface area contributed by atoms with E-state index in [9.17, 15) is 0 Å². The molecular weight excluding hydrogens is 621 g/mol. The summed E-state index contributed by atoms with van der Waals surface area (Å²) >= 11 is 1.88. The lowest BCUT2D eigenvalue weighted by Gasteiger charge is -2.26. The largest absolute Gasteiger partial charge is 0.248 e. The molecule has 1 nitrogen and oxygen atoms in total. The van der Waals surface area contributed by atoms with Gasteiger partial charge in [0.2, 0.25) is 6.71 Å². The monoisotopic (exact) mass is 651 g/mol. The predicted octanol–water partition coefficient (Wildman–Crippen LogP) is 10.5. The fourth-order valence-corrected chi connectivity index (χ4v) is 9.00. The minimum atomic E-state index is 0.225. The number of nitrogens with zero attached hydrogens (tertiary/aromatic N) is 1. The summed E-state index contributed by atoms with van der Waals surface area (Å²) in [7, 11) is 0. The summed E-state index contributed by atoms with van der Waals surface area (Å²) in [6.07, 6.45) is 0. The maximum absolute atomic E-state index is 5.23. The molecular formula is C47H30BNS. The molecule has 1 aromatic heterocycles. The molecule has 3 heteroatoms. The summed E-state index contributed by atoms with van der Waals surface area (Å²) in [6.45, 7) is 0.225. The van der Waals surface area contributed by atoms with Crippen LogP contribution in [0.15, 0.2) is 192 Å². The zero-order valence-electron chi connectivity index (χ0n) is 27.3. The van der Waals surface area contributed by atoms with Crippen molar-refractivity contribution in [2.45, 2.75) is 9.79 Å². The molecule has 0 N–H and O–H groups in total. The van der Waals surface area contributed by atoms with Crippen molar-refractivity contribution >= 4 is 67.2 Å². The third kappa shape index (κ3) is 4.85. The van der Waals surface area contributed by atoms with Crippen molar-refractivity contribution < 1.29 is 0 Å². The van der Waals surface area contributed by atoms with Crippen molar-refractivity contribution in [1.29, 1.82) is 0 Å². The van der Waals surface area contributed by atoms with Gasteiger partial charge in [-0.25, -0.2) is 4.98 Å². The zero-order valence-corrected chi connectivity index (χ0v) is 28.1. The maximum atomic E-state index is 5.23. The van der Waals surface area contributed by atoms with Crippen LogP contribution in [0.3, 0.4) is 0 Å². The summed E-state index contributed by atoms with van der Waals surface area (Å²) in [6, 6.07) is 66.2. The highest BCUT2D eigenvalue weighted by molar-refractivity contribution is 8.00. The quantitative estimate of drug-likeness (QED) is 0.139. The predicted molar refractivity (Wildman–Crippen MR) is 215 cm³/mol. The first-order valence-electron chi connectivity index (χ1n) is 17.2. The topological polar surface area (TPSA) is 12.9 Å². The van der Waals surface area contributed by atoms with E-state index in [1.807, 2.05) is 11.8 Å². The van der Waals surface area contributed by atoms with Gasteiger partial charge in [-0.2, -0.15) is 0 Å². The van der Waals surface area contributed by atoms with Crippen molar-refractivity contribution in [3.63, 3.8) is 0 Å². The Labute approximate surface area is 296 Å². The van der Waals surface area contributed by atoms with Gasteiger partial charge >= 0.3 is 0 Å². The normalized spacial score (nSPS) is 12.3. The van der Waals surface area contributed by atoms with Crippen molar-refractivity contribution in [3.8, 4) is 33.6 Å². The van der Waals surface area contributed by atoms with Crippen LogP contribution in [0.25, 0.3) is 66.0 Å². The Morgan fingerprint density at radius 2 is 0.880 bits per heavy atom. The van der Waals surface area contributed by atoms with Gasteiger partial charge in [-0.05, 0) is 79.8 Å². The van der Waals surface area contributed by atoms with Crippen molar-refractivity contribution in [1.82, 2.24) is 4.98 Å². The van der Waals surface area contributed by atoms with Crippen molar-refractivity contribution in [3.05, 3.63) is 182 Å². The van der Waals surface area contributed by atoms with Crippen LogP contribution < -0.4 is 16.4 Å². The molecule has 0 saturated heterocycles. The molecule has 8 aromatic carbocycles. The van der Waals surface area contributed by atoms with Gasteiger partial charge < -0.3 is 0 Å². The van der Waals surface area contributed by atoms with E-state index in [0.717, 1.165) is 22.5 Å². The number of pyridine rings is 1. The lowest BCUT2D eigenvalue weighted by atomic mass is 9.36. The summed E-state index contributed by atoms with van der Waals surface area (Å²) in [4.78, 5) is 7.88. The van der Waals surface area contributed by atoms with Gasteiger partial charge in [0.25, 0.3) is 0 Å². The number of hydrogen-bond donors (Lipinski definition) is 0. The van der Waals surface area contributed by atoms with Crippen LogP contribution in [0.2, 0.25) is 0 Å². The third-order valence-electron chi connectivity index (χ3n) is 10.2. The van der Waals surface area contributed by atoms with E-state index in [1.54, 1.807) is 0 Å². The van der Waals surface area contributed by atoms with Gasteiger partial charge in [0, 0.05) is 20.9 Å². The Hall–Kier alpha value is -5.90. The van der Waals surface area contributed by atoms with Crippen LogP contribution in [0.1, 0.15) is 0 Å². The van der Waals surface area contributed by atoms with Gasteiger partial charge in [0.1, 0.15) is 0 Å². The van der Waals surface area contributed by atoms with Crippen LogP contribution in [-0.4, -0.2) is 11.7 Å². The van der Waals surface area contributed by atoms with Gasteiger partial charge in [-0.3, -0.25) is 0 Å². The SMILES string of the molecule is c1ccc(B2c3ccccc3Sc3cc(-c4cccc(-c5cccc(-c6ccc7c8ccccc8c8ccccc8c7c6)n5)c4)ccc32)cc1. The van der Waals surface area contributed by atoms with E-state index in [1.165, 1.54) is 69.6 Å². The second kappa shape index (κ2) is 11.9.